The van der Waals surface area contributed by atoms with Gasteiger partial charge in [0, 0.05) is 21.8 Å². The van der Waals surface area contributed by atoms with Gasteiger partial charge in [-0.1, -0.05) is 106 Å². The lowest BCUT2D eigenvalue weighted by atomic mass is 9.98. The van der Waals surface area contributed by atoms with Gasteiger partial charge in [-0.25, -0.2) is 15.0 Å². The molecule has 0 radical (unpaired) electrons. The molecule has 0 fully saturated rings. The monoisotopic (exact) mass is 518 g/mol. The Labute approximate surface area is 213 Å². The number of halogens is 1. The van der Waals surface area contributed by atoms with E-state index in [4.69, 9.17) is 15.1 Å². The van der Waals surface area contributed by atoms with Crippen molar-refractivity contribution >= 4 is 38.5 Å². The lowest BCUT2D eigenvalue weighted by Gasteiger charge is -2.23. The molecule has 0 saturated carbocycles. The van der Waals surface area contributed by atoms with Gasteiger partial charge in [-0.3, -0.25) is 0 Å². The standard InChI is InChI=1S/C30H23BrN4/c1-20-11-13-21(14-12-20)27-19-28(22-15-17-24(31)18-16-22)35(34-27)30-32-26-10-6-5-9-25(26)29(33-30)23-7-3-2-4-8-23/h2-18,28H,19H2,1H3. The van der Waals surface area contributed by atoms with Crippen LogP contribution in [0.4, 0.5) is 5.95 Å². The summed E-state index contributed by atoms with van der Waals surface area (Å²) in [5.74, 6) is 0.609. The molecule has 6 rings (SSSR count). The average molecular weight is 519 g/mol. The summed E-state index contributed by atoms with van der Waals surface area (Å²) in [6.45, 7) is 2.10. The van der Waals surface area contributed by atoms with E-state index < -0.39 is 0 Å². The van der Waals surface area contributed by atoms with Gasteiger partial charge in [-0.15, -0.1) is 0 Å². The summed E-state index contributed by atoms with van der Waals surface area (Å²) in [4.78, 5) is 10.1. The van der Waals surface area contributed by atoms with Crippen molar-refractivity contribution < 1.29 is 0 Å². The Kier molecular flexibility index (Phi) is 5.63. The number of aryl methyl sites for hydroxylation is 1. The van der Waals surface area contributed by atoms with E-state index in [2.05, 4.69) is 89.6 Å². The van der Waals surface area contributed by atoms with Gasteiger partial charge < -0.3 is 0 Å². The van der Waals surface area contributed by atoms with Crippen LogP contribution in [0.2, 0.25) is 0 Å². The maximum atomic E-state index is 5.09. The number of benzene rings is 4. The summed E-state index contributed by atoms with van der Waals surface area (Å²) in [6.07, 6.45) is 0.779. The van der Waals surface area contributed by atoms with Crippen molar-refractivity contribution in [1.29, 1.82) is 0 Å². The SMILES string of the molecule is Cc1ccc(C2=NN(c3nc(-c4ccccc4)c4ccccc4n3)C(c3ccc(Br)cc3)C2)cc1. The maximum Gasteiger partial charge on any atom is 0.247 e. The molecule has 0 saturated heterocycles. The first-order chi connectivity index (χ1) is 17.2. The van der Waals surface area contributed by atoms with Crippen LogP contribution in [0.25, 0.3) is 22.2 Å². The maximum absolute atomic E-state index is 5.09. The third kappa shape index (κ3) is 4.24. The van der Waals surface area contributed by atoms with E-state index in [1.54, 1.807) is 0 Å². The van der Waals surface area contributed by atoms with Crippen LogP contribution in [0.15, 0.2) is 113 Å². The molecule has 35 heavy (non-hydrogen) atoms. The Hall–Kier alpha value is -3.83. The molecule has 4 aromatic carbocycles. The highest BCUT2D eigenvalue weighted by Crippen LogP contribution is 2.37. The number of nitrogens with zero attached hydrogens (tertiary/aromatic N) is 4. The molecule has 5 heteroatoms. The molecule has 1 atom stereocenters. The molecule has 1 aromatic heterocycles. The fourth-order valence-electron chi connectivity index (χ4n) is 4.54. The Balaban J connectivity index is 1.52. The molecule has 0 bridgehead atoms. The highest BCUT2D eigenvalue weighted by atomic mass is 79.9. The zero-order chi connectivity index (χ0) is 23.8. The van der Waals surface area contributed by atoms with Crippen LogP contribution in [-0.2, 0) is 0 Å². The van der Waals surface area contributed by atoms with Crippen LogP contribution in [0.5, 0.6) is 0 Å². The van der Waals surface area contributed by atoms with Gasteiger partial charge >= 0.3 is 0 Å². The molecular weight excluding hydrogens is 496 g/mol. The minimum absolute atomic E-state index is 0.00388. The fraction of sp³-hybridized carbons (Fsp3) is 0.100. The predicted octanol–water partition coefficient (Wildman–Crippen LogP) is 7.72. The normalized spacial score (nSPS) is 15.4. The molecule has 2 heterocycles. The first-order valence-corrected chi connectivity index (χ1v) is 12.5. The van der Waals surface area contributed by atoms with Gasteiger partial charge in [0.15, 0.2) is 0 Å². The van der Waals surface area contributed by atoms with Gasteiger partial charge in [0.2, 0.25) is 5.95 Å². The largest absolute Gasteiger partial charge is 0.247 e. The number of anilines is 1. The smallest absolute Gasteiger partial charge is 0.223 e. The zero-order valence-corrected chi connectivity index (χ0v) is 20.9. The van der Waals surface area contributed by atoms with Crippen LogP contribution in [-0.4, -0.2) is 15.7 Å². The number of hydrogen-bond donors (Lipinski definition) is 0. The van der Waals surface area contributed by atoms with Crippen molar-refractivity contribution in [2.24, 2.45) is 5.10 Å². The van der Waals surface area contributed by atoms with Crippen molar-refractivity contribution in [1.82, 2.24) is 9.97 Å². The van der Waals surface area contributed by atoms with Crippen molar-refractivity contribution in [2.45, 2.75) is 19.4 Å². The van der Waals surface area contributed by atoms with Crippen LogP contribution < -0.4 is 5.01 Å². The van der Waals surface area contributed by atoms with E-state index >= 15 is 0 Å². The van der Waals surface area contributed by atoms with Gasteiger partial charge in [-0.2, -0.15) is 5.10 Å². The highest BCUT2D eigenvalue weighted by molar-refractivity contribution is 9.10. The number of fused-ring (bicyclic) bond motifs is 1. The second-order valence-corrected chi connectivity index (χ2v) is 9.70. The Morgan fingerprint density at radius 1 is 0.743 bits per heavy atom. The van der Waals surface area contributed by atoms with E-state index in [1.165, 1.54) is 11.1 Å². The van der Waals surface area contributed by atoms with E-state index in [9.17, 15) is 0 Å². The second-order valence-electron chi connectivity index (χ2n) is 8.78. The number of rotatable bonds is 4. The molecule has 1 unspecified atom stereocenters. The third-order valence-electron chi connectivity index (χ3n) is 6.39. The van der Waals surface area contributed by atoms with Gasteiger partial charge in [0.05, 0.1) is 23.0 Å². The molecule has 0 aliphatic carbocycles. The summed E-state index contributed by atoms with van der Waals surface area (Å²) < 4.78 is 1.05. The number of aromatic nitrogens is 2. The van der Waals surface area contributed by atoms with Crippen LogP contribution in [0.3, 0.4) is 0 Å². The zero-order valence-electron chi connectivity index (χ0n) is 19.3. The molecule has 0 spiro atoms. The molecule has 170 valence electrons. The van der Waals surface area contributed by atoms with E-state index in [0.29, 0.717) is 5.95 Å². The topological polar surface area (TPSA) is 41.4 Å². The summed E-state index contributed by atoms with van der Waals surface area (Å²) in [5, 5.41) is 8.12. The van der Waals surface area contributed by atoms with Gasteiger partial charge in [0.25, 0.3) is 0 Å². The molecule has 1 aliphatic rings. The first kappa shape index (κ1) is 21.7. The Morgan fingerprint density at radius 3 is 2.23 bits per heavy atom. The molecule has 5 aromatic rings. The highest BCUT2D eigenvalue weighted by Gasteiger charge is 2.32. The molecular formula is C30H23BrN4. The Morgan fingerprint density at radius 2 is 1.46 bits per heavy atom. The van der Waals surface area contributed by atoms with E-state index in [1.807, 2.05) is 41.4 Å². The minimum Gasteiger partial charge on any atom is -0.223 e. The third-order valence-corrected chi connectivity index (χ3v) is 6.92. The summed E-state index contributed by atoms with van der Waals surface area (Å²) >= 11 is 3.57. The molecule has 4 nitrogen and oxygen atoms in total. The molecule has 1 aliphatic heterocycles. The quantitative estimate of drug-likeness (QED) is 0.244. The summed E-state index contributed by atoms with van der Waals surface area (Å²) in [7, 11) is 0. The Bertz CT molecular complexity index is 1530. The number of para-hydroxylation sites is 1. The molecule has 0 amide bonds. The van der Waals surface area contributed by atoms with Crippen LogP contribution >= 0.6 is 15.9 Å². The first-order valence-electron chi connectivity index (χ1n) is 11.7. The van der Waals surface area contributed by atoms with Crippen LogP contribution in [0, 0.1) is 6.92 Å². The average Bonchev–Trinajstić information content (AvgIpc) is 3.35. The van der Waals surface area contributed by atoms with Crippen LogP contribution in [0.1, 0.15) is 29.2 Å². The molecule has 0 N–H and O–H groups in total. The van der Waals surface area contributed by atoms with Crippen molar-refractivity contribution in [3.05, 3.63) is 124 Å². The summed E-state index contributed by atoms with van der Waals surface area (Å²) in [6, 6.07) is 35.5. The van der Waals surface area contributed by atoms with Gasteiger partial charge in [0.1, 0.15) is 0 Å². The minimum atomic E-state index is 0.00388. The fourth-order valence-corrected chi connectivity index (χ4v) is 4.81. The lowest BCUT2D eigenvalue weighted by Crippen LogP contribution is -2.21. The number of hydrazone groups is 1. The van der Waals surface area contributed by atoms with Crippen molar-refractivity contribution in [3.8, 4) is 11.3 Å². The van der Waals surface area contributed by atoms with Gasteiger partial charge in [-0.05, 0) is 36.2 Å². The second kappa shape index (κ2) is 9.08. The van der Waals surface area contributed by atoms with Crippen molar-refractivity contribution in [3.63, 3.8) is 0 Å². The van der Waals surface area contributed by atoms with E-state index in [0.717, 1.165) is 44.3 Å². The summed E-state index contributed by atoms with van der Waals surface area (Å²) in [5.41, 5.74) is 7.47. The predicted molar refractivity (Wildman–Crippen MR) is 147 cm³/mol. The lowest BCUT2D eigenvalue weighted by molar-refractivity contribution is 0.689. The van der Waals surface area contributed by atoms with E-state index in [-0.39, 0.29) is 6.04 Å². The van der Waals surface area contributed by atoms with Crippen molar-refractivity contribution in [2.75, 3.05) is 5.01 Å². The number of hydrogen-bond acceptors (Lipinski definition) is 4.